The van der Waals surface area contributed by atoms with Crippen LogP contribution in [-0.2, 0) is 13.2 Å². The lowest BCUT2D eigenvalue weighted by molar-refractivity contribution is 0.232. The maximum absolute atomic E-state index is 9.15. The third kappa shape index (κ3) is 3.35. The lowest BCUT2D eigenvalue weighted by Gasteiger charge is -2.15. The maximum Gasteiger partial charge on any atom is 0.153 e. The molecule has 1 aliphatic heterocycles. The standard InChI is InChI=1S/C23H22N2O3/c26-15-20-6-5-19(27-20)14-25-10-8-18(13-25)16-7-9-24-21(11-16)23-12-17-3-1-2-4-22(17)28-23/h1-7,9,11-12,18,26H,8,10,13-15H2/t18-/m1/s1. The lowest BCUT2D eigenvalue weighted by atomic mass is 9.98. The molecule has 5 rings (SSSR count). The zero-order valence-electron chi connectivity index (χ0n) is 15.5. The van der Waals surface area contributed by atoms with Gasteiger partial charge in [-0.15, -0.1) is 0 Å². The zero-order valence-corrected chi connectivity index (χ0v) is 15.5. The second kappa shape index (κ2) is 7.26. The van der Waals surface area contributed by atoms with Crippen LogP contribution < -0.4 is 0 Å². The first-order chi connectivity index (χ1) is 13.8. The Labute approximate surface area is 163 Å². The first-order valence-corrected chi connectivity index (χ1v) is 9.64. The average Bonchev–Trinajstić information content (AvgIpc) is 3.47. The molecule has 0 bridgehead atoms. The number of aromatic nitrogens is 1. The number of furan rings is 2. The van der Waals surface area contributed by atoms with E-state index in [2.05, 4.69) is 34.1 Å². The smallest absolute Gasteiger partial charge is 0.153 e. The highest BCUT2D eigenvalue weighted by Gasteiger charge is 2.25. The predicted octanol–water partition coefficient (Wildman–Crippen LogP) is 4.57. The van der Waals surface area contributed by atoms with E-state index in [9.17, 15) is 0 Å². The van der Waals surface area contributed by atoms with Crippen LogP contribution in [-0.4, -0.2) is 28.1 Å². The minimum Gasteiger partial charge on any atom is -0.462 e. The van der Waals surface area contributed by atoms with Gasteiger partial charge in [0, 0.05) is 18.1 Å². The van der Waals surface area contributed by atoms with Crippen molar-refractivity contribution < 1.29 is 13.9 Å². The topological polar surface area (TPSA) is 62.6 Å². The van der Waals surface area contributed by atoms with Gasteiger partial charge >= 0.3 is 0 Å². The largest absolute Gasteiger partial charge is 0.462 e. The van der Waals surface area contributed by atoms with Crippen molar-refractivity contribution in [1.82, 2.24) is 9.88 Å². The summed E-state index contributed by atoms with van der Waals surface area (Å²) in [4.78, 5) is 6.92. The van der Waals surface area contributed by atoms with E-state index < -0.39 is 0 Å². The summed E-state index contributed by atoms with van der Waals surface area (Å²) in [7, 11) is 0. The number of pyridine rings is 1. The number of hydrogen-bond donors (Lipinski definition) is 1. The Balaban J connectivity index is 1.32. The molecule has 1 saturated heterocycles. The first-order valence-electron chi connectivity index (χ1n) is 9.64. The van der Waals surface area contributed by atoms with E-state index in [0.717, 1.165) is 54.2 Å². The zero-order chi connectivity index (χ0) is 18.9. The molecule has 0 spiro atoms. The van der Waals surface area contributed by atoms with E-state index >= 15 is 0 Å². The van der Waals surface area contributed by atoms with Crippen molar-refractivity contribution in [3.8, 4) is 11.5 Å². The number of likely N-dealkylation sites (tertiary alicyclic amines) is 1. The number of rotatable bonds is 5. The molecule has 5 heteroatoms. The monoisotopic (exact) mass is 374 g/mol. The highest BCUT2D eigenvalue weighted by Crippen LogP contribution is 2.32. The summed E-state index contributed by atoms with van der Waals surface area (Å²) in [6, 6.07) is 18.1. The molecule has 5 nitrogen and oxygen atoms in total. The number of hydrogen-bond acceptors (Lipinski definition) is 5. The van der Waals surface area contributed by atoms with Crippen LogP contribution in [0, 0.1) is 0 Å². The fraction of sp³-hybridized carbons (Fsp3) is 0.261. The lowest BCUT2D eigenvalue weighted by Crippen LogP contribution is -2.19. The molecule has 28 heavy (non-hydrogen) atoms. The Morgan fingerprint density at radius 1 is 1.04 bits per heavy atom. The average molecular weight is 374 g/mol. The molecule has 3 aromatic heterocycles. The Morgan fingerprint density at radius 3 is 2.79 bits per heavy atom. The third-order valence-electron chi connectivity index (χ3n) is 5.46. The van der Waals surface area contributed by atoms with Crippen molar-refractivity contribution in [2.75, 3.05) is 13.1 Å². The number of aliphatic hydroxyl groups is 1. The maximum atomic E-state index is 9.15. The normalized spacial score (nSPS) is 17.5. The van der Waals surface area contributed by atoms with Gasteiger partial charge in [-0.25, -0.2) is 0 Å². The van der Waals surface area contributed by atoms with Crippen molar-refractivity contribution in [2.45, 2.75) is 25.5 Å². The van der Waals surface area contributed by atoms with E-state index in [-0.39, 0.29) is 6.61 Å². The Morgan fingerprint density at radius 2 is 1.93 bits per heavy atom. The van der Waals surface area contributed by atoms with Crippen LogP contribution >= 0.6 is 0 Å². The molecule has 0 amide bonds. The molecule has 1 N–H and O–H groups in total. The molecular weight excluding hydrogens is 352 g/mol. The van der Waals surface area contributed by atoms with Crippen LogP contribution in [0.4, 0.5) is 0 Å². The second-order valence-corrected chi connectivity index (χ2v) is 7.37. The number of aliphatic hydroxyl groups excluding tert-OH is 1. The molecule has 1 aliphatic rings. The van der Waals surface area contributed by atoms with Gasteiger partial charge in [0.1, 0.15) is 29.4 Å². The summed E-state index contributed by atoms with van der Waals surface area (Å²) >= 11 is 0. The summed E-state index contributed by atoms with van der Waals surface area (Å²) in [5, 5.41) is 10.2. The number of benzene rings is 1. The molecule has 0 aliphatic carbocycles. The SMILES string of the molecule is OCc1ccc(CN2CC[C@@H](c3ccnc(-c4cc5ccccc5o4)c3)C2)o1. The molecular formula is C23H22N2O3. The van der Waals surface area contributed by atoms with Crippen LogP contribution in [0.2, 0.25) is 0 Å². The molecule has 4 aromatic rings. The Kier molecular flexibility index (Phi) is 4.47. The molecule has 0 radical (unpaired) electrons. The fourth-order valence-electron chi connectivity index (χ4n) is 4.00. The molecule has 1 atom stereocenters. The van der Waals surface area contributed by atoms with Crippen LogP contribution in [0.15, 0.2) is 69.6 Å². The number of nitrogens with zero attached hydrogens (tertiary/aromatic N) is 2. The van der Waals surface area contributed by atoms with E-state index in [0.29, 0.717) is 11.7 Å². The highest BCUT2D eigenvalue weighted by atomic mass is 16.4. The molecule has 4 heterocycles. The van der Waals surface area contributed by atoms with Crippen molar-refractivity contribution in [1.29, 1.82) is 0 Å². The summed E-state index contributed by atoms with van der Waals surface area (Å²) < 4.78 is 11.6. The summed E-state index contributed by atoms with van der Waals surface area (Å²) in [6.07, 6.45) is 2.98. The van der Waals surface area contributed by atoms with E-state index in [1.54, 1.807) is 0 Å². The van der Waals surface area contributed by atoms with Crippen molar-refractivity contribution in [2.24, 2.45) is 0 Å². The van der Waals surface area contributed by atoms with Gasteiger partial charge in [-0.1, -0.05) is 18.2 Å². The van der Waals surface area contributed by atoms with Gasteiger partial charge in [0.25, 0.3) is 0 Å². The number of para-hydroxylation sites is 1. The van der Waals surface area contributed by atoms with E-state index in [1.807, 2.05) is 36.5 Å². The predicted molar refractivity (Wildman–Crippen MR) is 107 cm³/mol. The van der Waals surface area contributed by atoms with Gasteiger partial charge in [-0.05, 0) is 60.8 Å². The number of fused-ring (bicyclic) bond motifs is 1. The summed E-state index contributed by atoms with van der Waals surface area (Å²) in [6.45, 7) is 2.74. The van der Waals surface area contributed by atoms with Crippen LogP contribution in [0.5, 0.6) is 0 Å². The highest BCUT2D eigenvalue weighted by molar-refractivity contribution is 5.82. The summed E-state index contributed by atoms with van der Waals surface area (Å²) in [5.41, 5.74) is 3.06. The Bertz CT molecular complexity index is 1060. The van der Waals surface area contributed by atoms with Crippen molar-refractivity contribution in [3.05, 3.63) is 77.9 Å². The van der Waals surface area contributed by atoms with Crippen molar-refractivity contribution >= 4 is 11.0 Å². The molecule has 1 aromatic carbocycles. The fourth-order valence-corrected chi connectivity index (χ4v) is 4.00. The molecule has 0 unspecified atom stereocenters. The van der Waals surface area contributed by atoms with Crippen molar-refractivity contribution in [3.63, 3.8) is 0 Å². The minimum absolute atomic E-state index is 0.0514. The van der Waals surface area contributed by atoms with Crippen LogP contribution in [0.1, 0.15) is 29.4 Å². The first kappa shape index (κ1) is 17.2. The van der Waals surface area contributed by atoms with Gasteiger partial charge in [0.15, 0.2) is 5.76 Å². The van der Waals surface area contributed by atoms with E-state index in [4.69, 9.17) is 13.9 Å². The van der Waals surface area contributed by atoms with Gasteiger partial charge in [0.05, 0.1) is 6.54 Å². The van der Waals surface area contributed by atoms with Crippen LogP contribution in [0.25, 0.3) is 22.4 Å². The molecule has 0 saturated carbocycles. The quantitative estimate of drug-likeness (QED) is 0.554. The Hall–Kier alpha value is -2.89. The molecule has 142 valence electrons. The van der Waals surface area contributed by atoms with Gasteiger partial charge < -0.3 is 13.9 Å². The minimum atomic E-state index is -0.0514. The van der Waals surface area contributed by atoms with Gasteiger partial charge in [0.2, 0.25) is 0 Å². The van der Waals surface area contributed by atoms with Gasteiger partial charge in [-0.3, -0.25) is 9.88 Å². The second-order valence-electron chi connectivity index (χ2n) is 7.37. The van der Waals surface area contributed by atoms with Crippen LogP contribution in [0.3, 0.4) is 0 Å². The third-order valence-corrected chi connectivity index (χ3v) is 5.46. The molecule has 1 fully saturated rings. The summed E-state index contributed by atoms with van der Waals surface area (Å²) in [5.74, 6) is 2.81. The van der Waals surface area contributed by atoms with Gasteiger partial charge in [-0.2, -0.15) is 0 Å². The van der Waals surface area contributed by atoms with E-state index in [1.165, 1.54) is 5.56 Å².